The molecule has 0 radical (unpaired) electrons. The minimum absolute atomic E-state index is 0.434. The van der Waals surface area contributed by atoms with Gasteiger partial charge in [-0.25, -0.2) is 4.79 Å². The van der Waals surface area contributed by atoms with Crippen LogP contribution in [0.3, 0.4) is 0 Å². The number of rotatable bonds is 4. The minimum atomic E-state index is -0.635. The van der Waals surface area contributed by atoms with E-state index in [2.05, 4.69) is 10.6 Å². The van der Waals surface area contributed by atoms with Gasteiger partial charge in [-0.3, -0.25) is 10.1 Å². The van der Waals surface area contributed by atoms with Crippen LogP contribution in [0.15, 0.2) is 53.4 Å². The Morgan fingerprint density at radius 1 is 1.09 bits per heavy atom. The lowest BCUT2D eigenvalue weighted by Crippen LogP contribution is -2.39. The maximum absolute atomic E-state index is 12.4. The minimum Gasteiger partial charge on any atom is -0.341 e. The molecule has 2 aromatic rings. The van der Waals surface area contributed by atoms with Crippen molar-refractivity contribution in [3.05, 3.63) is 64.1 Å². The number of urea groups is 1. The Labute approximate surface area is 148 Å². The molecular weight excluding hydrogens is 355 g/mol. The third kappa shape index (κ3) is 4.89. The summed E-state index contributed by atoms with van der Waals surface area (Å²) in [6.07, 6.45) is 0. The third-order valence-electron chi connectivity index (χ3n) is 2.94. The van der Waals surface area contributed by atoms with Crippen LogP contribution in [-0.2, 0) is 4.79 Å². The first-order valence-corrected chi connectivity index (χ1v) is 8.34. The highest BCUT2D eigenvalue weighted by atomic mass is 35.5. The second-order valence-electron chi connectivity index (χ2n) is 4.55. The fourth-order valence-electron chi connectivity index (χ4n) is 1.84. The van der Waals surface area contributed by atoms with Crippen LogP contribution in [0.1, 0.15) is 10.8 Å². The summed E-state index contributed by atoms with van der Waals surface area (Å²) < 4.78 is 0. The van der Waals surface area contributed by atoms with Crippen molar-refractivity contribution in [3.8, 4) is 0 Å². The lowest BCUT2D eigenvalue weighted by atomic mass is 10.1. The third-order valence-corrected chi connectivity index (χ3v) is 4.93. The van der Waals surface area contributed by atoms with E-state index in [0.29, 0.717) is 14.9 Å². The van der Waals surface area contributed by atoms with Gasteiger partial charge >= 0.3 is 6.03 Å². The van der Waals surface area contributed by atoms with Crippen molar-refractivity contribution in [3.63, 3.8) is 0 Å². The molecule has 0 spiro atoms. The number of hydrogen-bond acceptors (Lipinski definition) is 3. The molecule has 2 N–H and O–H groups in total. The number of thioether (sulfide) groups is 1. The Morgan fingerprint density at radius 3 is 2.43 bits per heavy atom. The van der Waals surface area contributed by atoms with Gasteiger partial charge in [-0.1, -0.05) is 53.5 Å². The van der Waals surface area contributed by atoms with E-state index in [1.54, 1.807) is 18.2 Å². The summed E-state index contributed by atoms with van der Waals surface area (Å²) in [5, 5.41) is 5.04. The summed E-state index contributed by atoms with van der Waals surface area (Å²) in [4.78, 5) is 24.5. The molecule has 0 aliphatic carbocycles. The van der Waals surface area contributed by atoms with Crippen molar-refractivity contribution in [2.45, 2.75) is 10.1 Å². The molecule has 4 nitrogen and oxygen atoms in total. The van der Waals surface area contributed by atoms with Gasteiger partial charge in [0.15, 0.2) is 0 Å². The predicted octanol–water partition coefficient (Wildman–Crippen LogP) is 4.28. The Kier molecular flexibility index (Phi) is 6.33. The lowest BCUT2D eigenvalue weighted by Gasteiger charge is -2.17. The van der Waals surface area contributed by atoms with E-state index in [4.69, 9.17) is 23.2 Å². The maximum atomic E-state index is 12.4. The molecule has 2 rings (SSSR count). The van der Waals surface area contributed by atoms with Crippen molar-refractivity contribution < 1.29 is 9.59 Å². The molecule has 0 heterocycles. The fraction of sp³-hybridized carbons (Fsp3) is 0.125. The van der Waals surface area contributed by atoms with Gasteiger partial charge in [-0.15, -0.1) is 11.8 Å². The number of carbonyl (C=O) groups is 2. The van der Waals surface area contributed by atoms with E-state index < -0.39 is 17.2 Å². The molecule has 0 aromatic heterocycles. The zero-order valence-electron chi connectivity index (χ0n) is 12.2. The van der Waals surface area contributed by atoms with Crippen LogP contribution in [0, 0.1) is 0 Å². The van der Waals surface area contributed by atoms with Gasteiger partial charge in [-0.05, 0) is 23.8 Å². The number of halogens is 2. The largest absolute Gasteiger partial charge is 0.341 e. The second-order valence-corrected chi connectivity index (χ2v) is 6.54. The second kappa shape index (κ2) is 8.24. The average molecular weight is 369 g/mol. The molecule has 23 heavy (non-hydrogen) atoms. The van der Waals surface area contributed by atoms with Gasteiger partial charge in [0, 0.05) is 17.0 Å². The van der Waals surface area contributed by atoms with Crippen LogP contribution >= 0.6 is 35.0 Å². The van der Waals surface area contributed by atoms with Crippen molar-refractivity contribution in [1.29, 1.82) is 0 Å². The van der Waals surface area contributed by atoms with E-state index in [1.807, 2.05) is 30.3 Å². The van der Waals surface area contributed by atoms with E-state index in [-0.39, 0.29) is 0 Å². The topological polar surface area (TPSA) is 58.2 Å². The molecule has 3 amide bonds. The SMILES string of the molecule is CNC(=O)NC(=O)[C@@H](Sc1cc(Cl)ccc1Cl)c1ccccc1. The molecule has 2 aromatic carbocycles. The maximum Gasteiger partial charge on any atom is 0.321 e. The first-order valence-electron chi connectivity index (χ1n) is 6.70. The van der Waals surface area contributed by atoms with Crippen LogP contribution in [-0.4, -0.2) is 19.0 Å². The summed E-state index contributed by atoms with van der Waals surface area (Å²) in [6.45, 7) is 0. The van der Waals surface area contributed by atoms with Gasteiger partial charge in [0.05, 0.1) is 5.02 Å². The Hall–Kier alpha value is -1.69. The van der Waals surface area contributed by atoms with E-state index in [1.165, 1.54) is 18.8 Å². The highest BCUT2D eigenvalue weighted by Gasteiger charge is 2.24. The quantitative estimate of drug-likeness (QED) is 0.791. The predicted molar refractivity (Wildman–Crippen MR) is 94.1 cm³/mol. The van der Waals surface area contributed by atoms with Crippen molar-refractivity contribution in [2.75, 3.05) is 7.05 Å². The Balaban J connectivity index is 2.32. The first kappa shape index (κ1) is 17.7. The molecule has 0 fully saturated rings. The summed E-state index contributed by atoms with van der Waals surface area (Å²) in [6, 6.07) is 13.6. The highest BCUT2D eigenvalue weighted by molar-refractivity contribution is 8.00. The van der Waals surface area contributed by atoms with Gasteiger partial charge in [0.2, 0.25) is 5.91 Å². The molecule has 120 valence electrons. The smallest absolute Gasteiger partial charge is 0.321 e. The highest BCUT2D eigenvalue weighted by Crippen LogP contribution is 2.40. The number of benzene rings is 2. The molecule has 1 atom stereocenters. The lowest BCUT2D eigenvalue weighted by molar-refractivity contribution is -0.119. The normalized spacial score (nSPS) is 11.6. The molecule has 0 unspecified atom stereocenters. The Bertz CT molecular complexity index is 710. The molecular formula is C16H14Cl2N2O2S. The molecule has 0 saturated carbocycles. The number of nitrogens with one attached hydrogen (secondary N) is 2. The number of amides is 3. The summed E-state index contributed by atoms with van der Waals surface area (Å²) in [7, 11) is 1.45. The van der Waals surface area contributed by atoms with Crippen LogP contribution < -0.4 is 10.6 Å². The monoisotopic (exact) mass is 368 g/mol. The van der Waals surface area contributed by atoms with Gasteiger partial charge < -0.3 is 5.32 Å². The van der Waals surface area contributed by atoms with Crippen LogP contribution in [0.25, 0.3) is 0 Å². The van der Waals surface area contributed by atoms with Crippen molar-refractivity contribution in [2.24, 2.45) is 0 Å². The molecule has 0 aliphatic rings. The molecule has 0 bridgehead atoms. The Morgan fingerprint density at radius 2 is 1.78 bits per heavy atom. The van der Waals surface area contributed by atoms with E-state index in [0.717, 1.165) is 5.56 Å². The zero-order valence-corrected chi connectivity index (χ0v) is 14.5. The van der Waals surface area contributed by atoms with Crippen molar-refractivity contribution >= 4 is 46.9 Å². The summed E-state index contributed by atoms with van der Waals surface area (Å²) in [5.41, 5.74) is 0.759. The molecule has 0 aliphatic heterocycles. The van der Waals surface area contributed by atoms with Crippen molar-refractivity contribution in [1.82, 2.24) is 10.6 Å². The summed E-state index contributed by atoms with van der Waals surface area (Å²) in [5.74, 6) is -0.434. The molecule has 7 heteroatoms. The van der Waals surface area contributed by atoms with Crippen LogP contribution in [0.2, 0.25) is 10.0 Å². The van der Waals surface area contributed by atoms with E-state index in [9.17, 15) is 9.59 Å². The number of carbonyl (C=O) groups excluding carboxylic acids is 2. The first-order chi connectivity index (χ1) is 11.0. The number of imide groups is 1. The van der Waals surface area contributed by atoms with Crippen LogP contribution in [0.4, 0.5) is 4.79 Å². The van der Waals surface area contributed by atoms with Crippen LogP contribution in [0.5, 0.6) is 0 Å². The fourth-order valence-corrected chi connectivity index (χ4v) is 3.41. The standard InChI is InChI=1S/C16H14Cl2N2O2S/c1-19-16(22)20-15(21)14(10-5-3-2-4-6-10)23-13-9-11(17)7-8-12(13)18/h2-9,14H,1H3,(H2,19,20,21,22)/t14-/m0/s1. The van der Waals surface area contributed by atoms with Gasteiger partial charge in [-0.2, -0.15) is 0 Å². The number of hydrogen-bond donors (Lipinski definition) is 2. The van der Waals surface area contributed by atoms with Gasteiger partial charge in [0.1, 0.15) is 5.25 Å². The molecule has 0 saturated heterocycles. The van der Waals surface area contributed by atoms with Gasteiger partial charge in [0.25, 0.3) is 0 Å². The summed E-state index contributed by atoms with van der Waals surface area (Å²) >= 11 is 13.4. The zero-order chi connectivity index (χ0) is 16.8. The van der Waals surface area contributed by atoms with E-state index >= 15 is 0 Å². The average Bonchev–Trinajstić information content (AvgIpc) is 2.56.